The van der Waals surface area contributed by atoms with E-state index in [0.717, 1.165) is 15.7 Å². The number of methoxy groups -OCH3 is 1. The Labute approximate surface area is 206 Å². The molecule has 6 nitrogen and oxygen atoms in total. The van der Waals surface area contributed by atoms with E-state index < -0.39 is 11.6 Å². The highest BCUT2D eigenvalue weighted by molar-refractivity contribution is 9.10. The number of hydrogen-bond acceptors (Lipinski definition) is 7. The predicted octanol–water partition coefficient (Wildman–Crippen LogP) is 6.57. The monoisotopic (exact) mass is 533 g/mol. The highest BCUT2D eigenvalue weighted by Crippen LogP contribution is 2.30. The highest BCUT2D eigenvalue weighted by Gasteiger charge is 2.16. The molecule has 0 aliphatic heterocycles. The molecule has 0 N–H and O–H groups in total. The van der Waals surface area contributed by atoms with E-state index in [9.17, 15) is 9.59 Å². The molecule has 3 aromatic carbocycles. The summed E-state index contributed by atoms with van der Waals surface area (Å²) in [6.07, 6.45) is 0. The van der Waals surface area contributed by atoms with Gasteiger partial charge in [0.05, 0.1) is 18.4 Å². The van der Waals surface area contributed by atoms with Crippen LogP contribution in [0, 0.1) is 0 Å². The van der Waals surface area contributed by atoms with Crippen molar-refractivity contribution in [3.8, 4) is 33.3 Å². The van der Waals surface area contributed by atoms with Crippen LogP contribution in [0.4, 0.5) is 0 Å². The fraction of sp³-hybridized carbons (Fsp3) is 0.0385. The van der Waals surface area contributed by atoms with Crippen LogP contribution in [0.1, 0.15) is 10.4 Å². The highest BCUT2D eigenvalue weighted by atomic mass is 79.9. The Balaban J connectivity index is 1.43. The summed E-state index contributed by atoms with van der Waals surface area (Å²) in [7, 11) is 1.48. The number of hydrogen-bond donors (Lipinski definition) is 0. The minimum atomic E-state index is -0.570. The molecule has 5 aromatic rings. The van der Waals surface area contributed by atoms with Crippen LogP contribution >= 0.6 is 27.3 Å². The van der Waals surface area contributed by atoms with Gasteiger partial charge in [0.25, 0.3) is 0 Å². The number of esters is 1. The van der Waals surface area contributed by atoms with Crippen LogP contribution in [0.2, 0.25) is 0 Å². The Morgan fingerprint density at radius 3 is 2.62 bits per heavy atom. The van der Waals surface area contributed by atoms with Crippen molar-refractivity contribution in [2.24, 2.45) is 0 Å². The number of ether oxygens (including phenoxy) is 2. The lowest BCUT2D eigenvalue weighted by Gasteiger charge is -2.08. The number of rotatable bonds is 5. The third kappa shape index (κ3) is 4.37. The van der Waals surface area contributed by atoms with Crippen molar-refractivity contribution in [1.29, 1.82) is 0 Å². The molecule has 5 rings (SSSR count). The van der Waals surface area contributed by atoms with Gasteiger partial charge in [-0.15, -0.1) is 11.3 Å². The second kappa shape index (κ2) is 9.24. The lowest BCUT2D eigenvalue weighted by Crippen LogP contribution is -2.10. The average molecular weight is 534 g/mol. The van der Waals surface area contributed by atoms with Crippen LogP contribution in [0.5, 0.6) is 11.5 Å². The number of carbonyl (C=O) groups is 1. The first kappa shape index (κ1) is 22.1. The summed E-state index contributed by atoms with van der Waals surface area (Å²) < 4.78 is 17.2. The number of para-hydroxylation sites is 1. The summed E-state index contributed by atoms with van der Waals surface area (Å²) in [5, 5.41) is 3.16. The van der Waals surface area contributed by atoms with Gasteiger partial charge in [0.15, 0.2) is 0 Å². The smallest absolute Gasteiger partial charge is 0.347 e. The van der Waals surface area contributed by atoms with E-state index in [1.807, 2.05) is 29.6 Å². The van der Waals surface area contributed by atoms with E-state index in [4.69, 9.17) is 13.9 Å². The van der Waals surface area contributed by atoms with Crippen LogP contribution in [-0.2, 0) is 0 Å². The number of benzene rings is 3. The van der Waals surface area contributed by atoms with E-state index in [1.165, 1.54) is 24.5 Å². The molecular formula is C26H16BrNO5S. The molecule has 0 aliphatic rings. The number of carbonyl (C=O) groups excluding carboxylic acids is 1. The van der Waals surface area contributed by atoms with E-state index in [-0.39, 0.29) is 5.75 Å². The quantitative estimate of drug-likeness (QED) is 0.144. The standard InChI is InChI=1S/C26H16BrNO5S/c1-31-22-5-3-2-4-19(22)25(29)32-18-11-8-16-12-20(26(30)33-23(16)13-18)24-28-21(14-34-24)15-6-9-17(27)10-7-15/h2-14H,1H3. The molecule has 0 spiro atoms. The Kier molecular flexibility index (Phi) is 6.00. The number of fused-ring (bicyclic) bond motifs is 1. The Bertz CT molecular complexity index is 1570. The summed E-state index contributed by atoms with van der Waals surface area (Å²) in [6, 6.07) is 21.2. The minimum absolute atomic E-state index is 0.256. The SMILES string of the molecule is COc1ccccc1C(=O)Oc1ccc2cc(-c3nc(-c4ccc(Br)cc4)cs3)c(=O)oc2c1. The largest absolute Gasteiger partial charge is 0.496 e. The molecule has 2 heterocycles. The lowest BCUT2D eigenvalue weighted by atomic mass is 10.1. The van der Waals surface area contributed by atoms with Gasteiger partial charge < -0.3 is 13.9 Å². The molecule has 0 bridgehead atoms. The van der Waals surface area contributed by atoms with Crippen molar-refractivity contribution in [2.75, 3.05) is 7.11 Å². The van der Waals surface area contributed by atoms with Crippen LogP contribution in [-0.4, -0.2) is 18.1 Å². The van der Waals surface area contributed by atoms with Gasteiger partial charge in [0.2, 0.25) is 0 Å². The Hall–Kier alpha value is -3.75. The van der Waals surface area contributed by atoms with Crippen molar-refractivity contribution in [1.82, 2.24) is 4.98 Å². The van der Waals surface area contributed by atoms with Crippen LogP contribution in [0.15, 0.2) is 91.9 Å². The zero-order chi connectivity index (χ0) is 23.7. The second-order valence-electron chi connectivity index (χ2n) is 7.28. The molecule has 0 saturated heterocycles. The lowest BCUT2D eigenvalue weighted by molar-refractivity contribution is 0.0731. The van der Waals surface area contributed by atoms with Crippen molar-refractivity contribution in [3.05, 3.63) is 98.6 Å². The van der Waals surface area contributed by atoms with Gasteiger partial charge in [-0.05, 0) is 42.5 Å². The molecule has 0 atom stereocenters. The molecule has 2 aromatic heterocycles. The van der Waals surface area contributed by atoms with Crippen LogP contribution in [0.25, 0.3) is 32.8 Å². The summed E-state index contributed by atoms with van der Waals surface area (Å²) in [4.78, 5) is 29.9. The van der Waals surface area contributed by atoms with Crippen LogP contribution < -0.4 is 15.1 Å². The van der Waals surface area contributed by atoms with Crippen molar-refractivity contribution in [2.45, 2.75) is 0 Å². The third-order valence-electron chi connectivity index (χ3n) is 5.12. The van der Waals surface area contributed by atoms with Crippen molar-refractivity contribution < 1.29 is 18.7 Å². The first-order chi connectivity index (χ1) is 16.5. The molecule has 0 radical (unpaired) electrons. The molecule has 0 fully saturated rings. The average Bonchev–Trinajstić information content (AvgIpc) is 3.34. The maximum Gasteiger partial charge on any atom is 0.347 e. The van der Waals surface area contributed by atoms with Gasteiger partial charge in [-0.2, -0.15) is 0 Å². The first-order valence-electron chi connectivity index (χ1n) is 10.2. The molecule has 8 heteroatoms. The zero-order valence-corrected chi connectivity index (χ0v) is 20.2. The Morgan fingerprint density at radius 2 is 1.82 bits per heavy atom. The van der Waals surface area contributed by atoms with Gasteiger partial charge in [0.1, 0.15) is 27.7 Å². The maximum atomic E-state index is 12.7. The zero-order valence-electron chi connectivity index (χ0n) is 17.8. The molecule has 34 heavy (non-hydrogen) atoms. The van der Waals surface area contributed by atoms with Gasteiger partial charge in [-0.1, -0.05) is 40.2 Å². The number of thiazole rings is 1. The van der Waals surface area contributed by atoms with Crippen molar-refractivity contribution >= 4 is 44.2 Å². The summed E-state index contributed by atoms with van der Waals surface area (Å²) in [6.45, 7) is 0. The van der Waals surface area contributed by atoms with E-state index >= 15 is 0 Å². The van der Waals surface area contributed by atoms with Gasteiger partial charge in [-0.3, -0.25) is 0 Å². The second-order valence-corrected chi connectivity index (χ2v) is 9.06. The van der Waals surface area contributed by atoms with Gasteiger partial charge in [0, 0.05) is 26.9 Å². The molecule has 0 unspecified atom stereocenters. The van der Waals surface area contributed by atoms with E-state index in [1.54, 1.807) is 42.5 Å². The summed E-state index contributed by atoms with van der Waals surface area (Å²) in [5.41, 5.74) is 2.20. The number of halogens is 1. The fourth-order valence-corrected chi connectivity index (χ4v) is 4.53. The van der Waals surface area contributed by atoms with Crippen molar-refractivity contribution in [3.63, 3.8) is 0 Å². The summed E-state index contributed by atoms with van der Waals surface area (Å²) in [5.74, 6) is 0.0977. The third-order valence-corrected chi connectivity index (χ3v) is 6.52. The molecule has 0 amide bonds. The van der Waals surface area contributed by atoms with E-state index in [2.05, 4.69) is 20.9 Å². The molecule has 168 valence electrons. The van der Waals surface area contributed by atoms with Gasteiger partial charge in [-0.25, -0.2) is 14.6 Å². The van der Waals surface area contributed by atoms with Crippen LogP contribution in [0.3, 0.4) is 0 Å². The Morgan fingerprint density at radius 1 is 1.03 bits per heavy atom. The normalized spacial score (nSPS) is 10.9. The molecule has 0 aliphatic carbocycles. The number of aromatic nitrogens is 1. The fourth-order valence-electron chi connectivity index (χ4n) is 3.43. The number of nitrogens with zero attached hydrogens (tertiary/aromatic N) is 1. The minimum Gasteiger partial charge on any atom is -0.496 e. The first-order valence-corrected chi connectivity index (χ1v) is 11.8. The molecular weight excluding hydrogens is 518 g/mol. The topological polar surface area (TPSA) is 78.6 Å². The maximum absolute atomic E-state index is 12.7. The molecule has 0 saturated carbocycles. The van der Waals surface area contributed by atoms with Gasteiger partial charge >= 0.3 is 11.6 Å². The van der Waals surface area contributed by atoms with E-state index in [0.29, 0.717) is 32.9 Å². The summed E-state index contributed by atoms with van der Waals surface area (Å²) >= 11 is 4.80. The predicted molar refractivity (Wildman–Crippen MR) is 135 cm³/mol.